The SMILES string of the molecule is CCOc1ccc2c(c1)C(=O)/C(=N/O)C2. The summed E-state index contributed by atoms with van der Waals surface area (Å²) in [6, 6.07) is 5.34. The Bertz CT molecular complexity index is 437. The Kier molecular flexibility index (Phi) is 2.41. The maximum Gasteiger partial charge on any atom is 0.211 e. The molecule has 4 nitrogen and oxygen atoms in total. The molecular weight excluding hydrogens is 194 g/mol. The molecule has 0 bridgehead atoms. The van der Waals surface area contributed by atoms with Gasteiger partial charge in [-0.25, -0.2) is 0 Å². The lowest BCUT2D eigenvalue weighted by molar-refractivity contribution is 0.106. The van der Waals surface area contributed by atoms with E-state index >= 15 is 0 Å². The Morgan fingerprint density at radius 3 is 3.00 bits per heavy atom. The zero-order chi connectivity index (χ0) is 10.8. The summed E-state index contributed by atoms with van der Waals surface area (Å²) < 4.78 is 5.29. The third kappa shape index (κ3) is 1.58. The minimum atomic E-state index is -0.214. The number of oxime groups is 1. The van der Waals surface area contributed by atoms with Crippen LogP contribution in [0.4, 0.5) is 0 Å². The highest BCUT2D eigenvalue weighted by Crippen LogP contribution is 2.25. The van der Waals surface area contributed by atoms with Crippen LogP contribution in [0, 0.1) is 0 Å². The molecule has 0 aromatic heterocycles. The van der Waals surface area contributed by atoms with Crippen LogP contribution in [-0.2, 0) is 6.42 Å². The molecule has 0 saturated carbocycles. The summed E-state index contributed by atoms with van der Waals surface area (Å²) in [7, 11) is 0. The molecular formula is C11H11NO3. The number of carbonyl (C=O) groups excluding carboxylic acids is 1. The van der Waals surface area contributed by atoms with Gasteiger partial charge in [0.25, 0.3) is 0 Å². The van der Waals surface area contributed by atoms with Gasteiger partial charge >= 0.3 is 0 Å². The standard InChI is InChI=1S/C11H11NO3/c1-2-15-8-4-3-7-5-10(12-14)11(13)9(7)6-8/h3-4,6,14H,2,5H2,1H3/b12-10+. The lowest BCUT2D eigenvalue weighted by Crippen LogP contribution is -2.07. The molecule has 0 unspecified atom stereocenters. The second-order valence-electron chi connectivity index (χ2n) is 3.30. The van der Waals surface area contributed by atoms with Gasteiger partial charge in [0.2, 0.25) is 5.78 Å². The zero-order valence-corrected chi connectivity index (χ0v) is 8.36. The zero-order valence-electron chi connectivity index (χ0n) is 8.36. The van der Waals surface area contributed by atoms with E-state index < -0.39 is 0 Å². The molecule has 0 radical (unpaired) electrons. The first kappa shape index (κ1) is 9.71. The van der Waals surface area contributed by atoms with Crippen molar-refractivity contribution < 1.29 is 14.7 Å². The largest absolute Gasteiger partial charge is 0.494 e. The second kappa shape index (κ2) is 3.73. The molecule has 2 rings (SSSR count). The third-order valence-electron chi connectivity index (χ3n) is 2.38. The van der Waals surface area contributed by atoms with Crippen molar-refractivity contribution in [3.8, 4) is 5.75 Å². The van der Waals surface area contributed by atoms with E-state index in [0.717, 1.165) is 5.56 Å². The van der Waals surface area contributed by atoms with Crippen LogP contribution in [0.5, 0.6) is 5.75 Å². The Morgan fingerprint density at radius 1 is 1.53 bits per heavy atom. The number of fused-ring (bicyclic) bond motifs is 1. The Morgan fingerprint density at radius 2 is 2.33 bits per heavy atom. The number of ether oxygens (including phenoxy) is 1. The molecule has 4 heteroatoms. The Labute approximate surface area is 87.2 Å². The summed E-state index contributed by atoms with van der Waals surface area (Å²) in [5, 5.41) is 11.6. The first-order valence-corrected chi connectivity index (χ1v) is 4.77. The van der Waals surface area contributed by atoms with E-state index in [1.165, 1.54) is 0 Å². The van der Waals surface area contributed by atoms with E-state index in [1.807, 2.05) is 19.1 Å². The van der Waals surface area contributed by atoms with E-state index in [-0.39, 0.29) is 11.5 Å². The molecule has 0 spiro atoms. The molecule has 1 aromatic carbocycles. The first-order chi connectivity index (χ1) is 7.26. The smallest absolute Gasteiger partial charge is 0.211 e. The highest BCUT2D eigenvalue weighted by molar-refractivity contribution is 6.49. The van der Waals surface area contributed by atoms with Crippen molar-refractivity contribution in [2.24, 2.45) is 5.16 Å². The van der Waals surface area contributed by atoms with Gasteiger partial charge in [-0.1, -0.05) is 11.2 Å². The van der Waals surface area contributed by atoms with Gasteiger partial charge in [0.05, 0.1) is 6.61 Å². The predicted octanol–water partition coefficient (Wildman–Crippen LogP) is 1.65. The second-order valence-corrected chi connectivity index (χ2v) is 3.30. The summed E-state index contributed by atoms with van der Waals surface area (Å²) in [5.41, 5.74) is 1.66. The van der Waals surface area contributed by atoms with E-state index in [4.69, 9.17) is 9.94 Å². The van der Waals surface area contributed by atoms with E-state index in [1.54, 1.807) is 6.07 Å². The summed E-state index contributed by atoms with van der Waals surface area (Å²) >= 11 is 0. The van der Waals surface area contributed by atoms with E-state index in [9.17, 15) is 4.79 Å². The van der Waals surface area contributed by atoms with Gasteiger partial charge in [0.15, 0.2) is 0 Å². The van der Waals surface area contributed by atoms with Crippen LogP contribution in [0.25, 0.3) is 0 Å². The number of hydrogen-bond acceptors (Lipinski definition) is 4. The maximum atomic E-state index is 11.6. The number of benzene rings is 1. The van der Waals surface area contributed by atoms with Gasteiger partial charge in [-0.2, -0.15) is 0 Å². The lowest BCUT2D eigenvalue weighted by atomic mass is 10.1. The van der Waals surface area contributed by atoms with Crippen molar-refractivity contribution in [1.82, 2.24) is 0 Å². The minimum Gasteiger partial charge on any atom is -0.494 e. The summed E-state index contributed by atoms with van der Waals surface area (Å²) in [4.78, 5) is 11.6. The lowest BCUT2D eigenvalue weighted by Gasteiger charge is -2.03. The number of nitrogens with zero attached hydrogens (tertiary/aromatic N) is 1. The first-order valence-electron chi connectivity index (χ1n) is 4.77. The van der Waals surface area contributed by atoms with Crippen LogP contribution in [-0.4, -0.2) is 23.3 Å². The molecule has 0 heterocycles. The third-order valence-corrected chi connectivity index (χ3v) is 2.38. The number of ketones is 1. The van der Waals surface area contributed by atoms with Crippen LogP contribution < -0.4 is 4.74 Å². The quantitative estimate of drug-likeness (QED) is 0.590. The fraction of sp³-hybridized carbons (Fsp3) is 0.273. The molecule has 0 aliphatic heterocycles. The van der Waals surface area contributed by atoms with Crippen LogP contribution in [0.3, 0.4) is 0 Å². The average Bonchev–Trinajstić information content (AvgIpc) is 2.56. The van der Waals surface area contributed by atoms with Crippen molar-refractivity contribution >= 4 is 11.5 Å². The monoisotopic (exact) mass is 205 g/mol. The van der Waals surface area contributed by atoms with Gasteiger partial charge in [0, 0.05) is 12.0 Å². The van der Waals surface area contributed by atoms with Gasteiger partial charge in [0.1, 0.15) is 11.5 Å². The van der Waals surface area contributed by atoms with Crippen molar-refractivity contribution in [2.75, 3.05) is 6.61 Å². The van der Waals surface area contributed by atoms with Crippen LogP contribution >= 0.6 is 0 Å². The van der Waals surface area contributed by atoms with Crippen molar-refractivity contribution in [3.63, 3.8) is 0 Å². The molecule has 15 heavy (non-hydrogen) atoms. The summed E-state index contributed by atoms with van der Waals surface area (Å²) in [5.74, 6) is 0.456. The van der Waals surface area contributed by atoms with Crippen molar-refractivity contribution in [1.29, 1.82) is 0 Å². The minimum absolute atomic E-state index is 0.193. The number of hydrogen-bond donors (Lipinski definition) is 1. The molecule has 0 fully saturated rings. The Balaban J connectivity index is 2.40. The molecule has 0 saturated heterocycles. The van der Waals surface area contributed by atoms with Crippen molar-refractivity contribution in [2.45, 2.75) is 13.3 Å². The number of Topliss-reactive ketones (excluding diaryl/α,β-unsaturated/α-hetero) is 1. The van der Waals surface area contributed by atoms with Crippen LogP contribution in [0.15, 0.2) is 23.4 Å². The van der Waals surface area contributed by atoms with Crippen LogP contribution in [0.1, 0.15) is 22.8 Å². The average molecular weight is 205 g/mol. The maximum absolute atomic E-state index is 11.6. The van der Waals surface area contributed by atoms with Gasteiger partial charge < -0.3 is 9.94 Å². The van der Waals surface area contributed by atoms with Crippen LogP contribution in [0.2, 0.25) is 0 Å². The summed E-state index contributed by atoms with van der Waals surface area (Å²) in [6.07, 6.45) is 0.400. The fourth-order valence-corrected chi connectivity index (χ4v) is 1.67. The normalized spacial score (nSPS) is 16.9. The molecule has 0 amide bonds. The highest BCUT2D eigenvalue weighted by atomic mass is 16.5. The molecule has 1 N–H and O–H groups in total. The van der Waals surface area contributed by atoms with Gasteiger partial charge in [-0.05, 0) is 24.6 Å². The van der Waals surface area contributed by atoms with Gasteiger partial charge in [-0.3, -0.25) is 4.79 Å². The van der Waals surface area contributed by atoms with Gasteiger partial charge in [-0.15, -0.1) is 0 Å². The van der Waals surface area contributed by atoms with E-state index in [2.05, 4.69) is 5.16 Å². The Hall–Kier alpha value is -1.84. The number of carbonyl (C=O) groups is 1. The molecule has 78 valence electrons. The molecule has 0 atom stereocenters. The van der Waals surface area contributed by atoms with E-state index in [0.29, 0.717) is 24.3 Å². The fourth-order valence-electron chi connectivity index (χ4n) is 1.67. The summed E-state index contributed by atoms with van der Waals surface area (Å²) in [6.45, 7) is 2.45. The highest BCUT2D eigenvalue weighted by Gasteiger charge is 2.27. The molecule has 1 aliphatic rings. The molecule has 1 aliphatic carbocycles. The topological polar surface area (TPSA) is 58.9 Å². The number of rotatable bonds is 2. The molecule has 1 aromatic rings. The van der Waals surface area contributed by atoms with Crippen molar-refractivity contribution in [3.05, 3.63) is 29.3 Å². The predicted molar refractivity (Wildman–Crippen MR) is 54.9 cm³/mol.